The molecule has 3 N–H and O–H groups in total. The number of nitrogens with zero attached hydrogens (tertiary/aromatic N) is 2. The Morgan fingerprint density at radius 1 is 1.04 bits per heavy atom. The molecule has 0 fully saturated rings. The second kappa shape index (κ2) is 7.00. The van der Waals surface area contributed by atoms with E-state index in [9.17, 15) is 9.59 Å². The van der Waals surface area contributed by atoms with Gasteiger partial charge in [-0.15, -0.1) is 0 Å². The molecule has 126 valence electrons. The van der Waals surface area contributed by atoms with E-state index in [4.69, 9.17) is 5.73 Å². The van der Waals surface area contributed by atoms with Crippen molar-refractivity contribution in [1.82, 2.24) is 15.1 Å². The van der Waals surface area contributed by atoms with Crippen LogP contribution in [0.25, 0.3) is 5.69 Å². The van der Waals surface area contributed by atoms with E-state index in [2.05, 4.69) is 10.4 Å². The Balaban J connectivity index is 1.79. The number of nitrogens with one attached hydrogen (secondary N) is 1. The summed E-state index contributed by atoms with van der Waals surface area (Å²) in [6.07, 6.45) is 3.57. The number of nitrogens with two attached hydrogens (primary N) is 1. The molecule has 0 spiro atoms. The summed E-state index contributed by atoms with van der Waals surface area (Å²) in [6, 6.07) is 15.6. The molecule has 0 aliphatic heterocycles. The van der Waals surface area contributed by atoms with Gasteiger partial charge in [-0.05, 0) is 48.9 Å². The lowest BCUT2D eigenvalue weighted by atomic mass is 10.0. The Bertz CT molecular complexity index is 886. The third kappa shape index (κ3) is 3.58. The molecule has 6 nitrogen and oxygen atoms in total. The summed E-state index contributed by atoms with van der Waals surface area (Å²) >= 11 is 0. The molecular formula is C19H18N4O2. The van der Waals surface area contributed by atoms with Crippen molar-refractivity contribution in [2.75, 3.05) is 0 Å². The van der Waals surface area contributed by atoms with Crippen molar-refractivity contribution >= 4 is 11.8 Å². The van der Waals surface area contributed by atoms with Crippen molar-refractivity contribution < 1.29 is 9.59 Å². The van der Waals surface area contributed by atoms with E-state index in [-0.39, 0.29) is 11.9 Å². The van der Waals surface area contributed by atoms with E-state index in [0.29, 0.717) is 11.1 Å². The Morgan fingerprint density at radius 3 is 2.36 bits per heavy atom. The molecule has 0 saturated carbocycles. The summed E-state index contributed by atoms with van der Waals surface area (Å²) in [5, 5.41) is 7.22. The van der Waals surface area contributed by atoms with Gasteiger partial charge >= 0.3 is 0 Å². The number of benzene rings is 2. The van der Waals surface area contributed by atoms with Crippen LogP contribution in [0.15, 0.2) is 67.0 Å². The molecule has 0 unspecified atom stereocenters. The number of primary amides is 1. The molecule has 0 radical (unpaired) electrons. The predicted octanol–water partition coefficient (Wildman–Crippen LogP) is 2.46. The van der Waals surface area contributed by atoms with Gasteiger partial charge in [-0.25, -0.2) is 4.68 Å². The SMILES string of the molecule is C[C@H](NC(=O)c1ccc(C(N)=O)cc1)c1ccccc1-n1cccn1. The number of rotatable bonds is 5. The molecule has 1 atom stereocenters. The van der Waals surface area contributed by atoms with E-state index >= 15 is 0 Å². The van der Waals surface area contributed by atoms with Crippen LogP contribution in [0.5, 0.6) is 0 Å². The molecule has 3 rings (SSSR count). The first kappa shape index (κ1) is 16.4. The van der Waals surface area contributed by atoms with Gasteiger partial charge in [0.15, 0.2) is 0 Å². The van der Waals surface area contributed by atoms with Crippen LogP contribution in [0, 0.1) is 0 Å². The monoisotopic (exact) mass is 334 g/mol. The van der Waals surface area contributed by atoms with Gasteiger partial charge in [0.25, 0.3) is 5.91 Å². The minimum absolute atomic E-state index is 0.219. The summed E-state index contributed by atoms with van der Waals surface area (Å²) in [4.78, 5) is 23.6. The van der Waals surface area contributed by atoms with Gasteiger partial charge in [-0.3, -0.25) is 9.59 Å². The molecule has 0 aliphatic rings. The third-order valence-electron chi connectivity index (χ3n) is 3.93. The second-order valence-electron chi connectivity index (χ2n) is 5.65. The van der Waals surface area contributed by atoms with Gasteiger partial charge in [0, 0.05) is 23.5 Å². The predicted molar refractivity (Wildman–Crippen MR) is 94.4 cm³/mol. The molecule has 0 aliphatic carbocycles. The quantitative estimate of drug-likeness (QED) is 0.751. The fourth-order valence-electron chi connectivity index (χ4n) is 2.62. The van der Waals surface area contributed by atoms with Crippen LogP contribution >= 0.6 is 0 Å². The number of carbonyl (C=O) groups excluding carboxylic acids is 2. The Labute approximate surface area is 145 Å². The molecule has 6 heteroatoms. The second-order valence-corrected chi connectivity index (χ2v) is 5.65. The fraction of sp³-hybridized carbons (Fsp3) is 0.105. The summed E-state index contributed by atoms with van der Waals surface area (Å²) < 4.78 is 1.76. The molecule has 1 heterocycles. The lowest BCUT2D eigenvalue weighted by molar-refractivity contribution is 0.0937. The van der Waals surface area contributed by atoms with Gasteiger partial charge in [0.05, 0.1) is 11.7 Å². The van der Waals surface area contributed by atoms with Crippen molar-refractivity contribution in [3.63, 3.8) is 0 Å². The van der Waals surface area contributed by atoms with Gasteiger partial charge in [0.1, 0.15) is 0 Å². The van der Waals surface area contributed by atoms with Crippen LogP contribution in [-0.2, 0) is 0 Å². The van der Waals surface area contributed by atoms with Crippen LogP contribution < -0.4 is 11.1 Å². The number of amides is 2. The standard InChI is InChI=1S/C19H18N4O2/c1-13(16-5-2-3-6-17(16)23-12-4-11-21-23)22-19(25)15-9-7-14(8-10-15)18(20)24/h2-13H,1H3,(H2,20,24)(H,22,25)/t13-/m0/s1. The zero-order valence-corrected chi connectivity index (χ0v) is 13.7. The van der Waals surface area contributed by atoms with E-state index in [1.807, 2.05) is 43.5 Å². The third-order valence-corrected chi connectivity index (χ3v) is 3.93. The fourth-order valence-corrected chi connectivity index (χ4v) is 2.62. The first-order valence-electron chi connectivity index (χ1n) is 7.86. The summed E-state index contributed by atoms with van der Waals surface area (Å²) in [7, 11) is 0. The first-order valence-corrected chi connectivity index (χ1v) is 7.86. The summed E-state index contributed by atoms with van der Waals surface area (Å²) in [5.74, 6) is -0.743. The molecule has 1 aromatic heterocycles. The van der Waals surface area contributed by atoms with E-state index < -0.39 is 5.91 Å². The number of hydrogen-bond acceptors (Lipinski definition) is 3. The van der Waals surface area contributed by atoms with Crippen LogP contribution in [0.4, 0.5) is 0 Å². The molecule has 2 aromatic carbocycles. The van der Waals surface area contributed by atoms with Crippen molar-refractivity contribution in [2.24, 2.45) is 5.73 Å². The largest absolute Gasteiger partial charge is 0.366 e. The smallest absolute Gasteiger partial charge is 0.251 e. The van der Waals surface area contributed by atoms with Gasteiger partial charge in [-0.1, -0.05) is 18.2 Å². The molecule has 0 bridgehead atoms. The highest BCUT2D eigenvalue weighted by Gasteiger charge is 2.15. The van der Waals surface area contributed by atoms with Crippen molar-refractivity contribution in [2.45, 2.75) is 13.0 Å². The number of hydrogen-bond donors (Lipinski definition) is 2. The van der Waals surface area contributed by atoms with Crippen molar-refractivity contribution in [3.8, 4) is 5.69 Å². The lowest BCUT2D eigenvalue weighted by Crippen LogP contribution is -2.27. The maximum absolute atomic E-state index is 12.5. The number of para-hydroxylation sites is 1. The van der Waals surface area contributed by atoms with Crippen LogP contribution in [0.1, 0.15) is 39.2 Å². The Morgan fingerprint density at radius 2 is 1.72 bits per heavy atom. The first-order chi connectivity index (χ1) is 12.1. The van der Waals surface area contributed by atoms with Crippen LogP contribution in [0.2, 0.25) is 0 Å². The van der Waals surface area contributed by atoms with Gasteiger partial charge in [-0.2, -0.15) is 5.10 Å². The van der Waals surface area contributed by atoms with E-state index in [0.717, 1.165) is 11.3 Å². The van der Waals surface area contributed by atoms with Crippen LogP contribution in [-0.4, -0.2) is 21.6 Å². The minimum Gasteiger partial charge on any atom is -0.366 e. The van der Waals surface area contributed by atoms with Crippen LogP contribution in [0.3, 0.4) is 0 Å². The molecule has 3 aromatic rings. The minimum atomic E-state index is -0.520. The summed E-state index contributed by atoms with van der Waals surface area (Å²) in [5.41, 5.74) is 7.91. The van der Waals surface area contributed by atoms with Crippen molar-refractivity contribution in [1.29, 1.82) is 0 Å². The average Bonchev–Trinajstić information content (AvgIpc) is 3.16. The zero-order valence-electron chi connectivity index (χ0n) is 13.7. The van der Waals surface area contributed by atoms with E-state index in [1.165, 1.54) is 0 Å². The van der Waals surface area contributed by atoms with Gasteiger partial charge in [0.2, 0.25) is 5.91 Å². The number of aromatic nitrogens is 2. The highest BCUT2D eigenvalue weighted by molar-refractivity contribution is 5.97. The molecular weight excluding hydrogens is 316 g/mol. The normalized spacial score (nSPS) is 11.7. The Kier molecular flexibility index (Phi) is 4.61. The lowest BCUT2D eigenvalue weighted by Gasteiger charge is -2.18. The average molecular weight is 334 g/mol. The Hall–Kier alpha value is -3.41. The molecule has 0 saturated heterocycles. The maximum atomic E-state index is 12.5. The number of carbonyl (C=O) groups is 2. The van der Waals surface area contributed by atoms with Gasteiger partial charge < -0.3 is 11.1 Å². The van der Waals surface area contributed by atoms with Crippen molar-refractivity contribution in [3.05, 3.63) is 83.7 Å². The molecule has 25 heavy (non-hydrogen) atoms. The summed E-state index contributed by atoms with van der Waals surface area (Å²) in [6.45, 7) is 1.91. The zero-order chi connectivity index (χ0) is 17.8. The molecule has 2 amide bonds. The highest BCUT2D eigenvalue weighted by Crippen LogP contribution is 2.21. The van der Waals surface area contributed by atoms with E-state index in [1.54, 1.807) is 35.1 Å². The maximum Gasteiger partial charge on any atom is 0.251 e. The highest BCUT2D eigenvalue weighted by atomic mass is 16.2. The topological polar surface area (TPSA) is 90.0 Å².